The van der Waals surface area contributed by atoms with E-state index < -0.39 is 36.2 Å². The van der Waals surface area contributed by atoms with E-state index in [1.165, 1.54) is 24.4 Å². The molecule has 2 aromatic heterocycles. The number of rotatable bonds is 9. The Labute approximate surface area is 223 Å². The minimum absolute atomic E-state index is 0. The monoisotopic (exact) mass is 570 g/mol. The lowest BCUT2D eigenvalue weighted by Gasteiger charge is -2.17. The van der Waals surface area contributed by atoms with Crippen molar-refractivity contribution >= 4 is 60.5 Å². The molecule has 192 valence electrons. The fourth-order valence-corrected chi connectivity index (χ4v) is 3.11. The maximum absolute atomic E-state index is 14.3. The van der Waals surface area contributed by atoms with Gasteiger partial charge in [-0.15, -0.1) is 37.2 Å². The number of aromatic nitrogens is 3. The first kappa shape index (κ1) is 32.5. The zero-order valence-corrected chi connectivity index (χ0v) is 21.3. The first-order valence-electron chi connectivity index (χ1n) is 9.64. The Hall–Kier alpha value is -2.50. The van der Waals surface area contributed by atoms with Crippen molar-refractivity contribution < 1.29 is 13.6 Å². The number of carbonyl (C=O) groups is 1. The third kappa shape index (κ3) is 8.59. The van der Waals surface area contributed by atoms with E-state index in [1.807, 2.05) is 24.3 Å². The van der Waals surface area contributed by atoms with Gasteiger partial charge in [0.2, 0.25) is 5.91 Å². The van der Waals surface area contributed by atoms with Crippen molar-refractivity contribution in [2.24, 2.45) is 5.73 Å². The Morgan fingerprint density at radius 3 is 2.34 bits per heavy atom. The fraction of sp³-hybridized carbons (Fsp3) is 0.238. The summed E-state index contributed by atoms with van der Waals surface area (Å²) in [6, 6.07) is 11.5. The van der Waals surface area contributed by atoms with Crippen LogP contribution in [0.5, 0.6) is 0 Å². The van der Waals surface area contributed by atoms with Crippen LogP contribution in [0.15, 0.2) is 59.7 Å². The second-order valence-electron chi connectivity index (χ2n) is 6.84. The first-order valence-corrected chi connectivity index (χ1v) is 10.0. The topological polar surface area (TPSA) is 115 Å². The summed E-state index contributed by atoms with van der Waals surface area (Å²) in [5, 5.41) is 4.92. The summed E-state index contributed by atoms with van der Waals surface area (Å²) in [5.74, 6) is -4.18. The molecule has 0 saturated carbocycles. The zero-order valence-electron chi connectivity index (χ0n) is 18.1. The highest BCUT2D eigenvalue weighted by molar-refractivity contribution is 6.29. The molecule has 3 rings (SSSR count). The Kier molecular flexibility index (Phi) is 13.7. The Bertz CT molecular complexity index is 1150. The lowest BCUT2D eigenvalue weighted by atomic mass is 10.1. The predicted octanol–water partition coefficient (Wildman–Crippen LogP) is 3.54. The average Bonchev–Trinajstić information content (AvgIpc) is 2.80. The van der Waals surface area contributed by atoms with Gasteiger partial charge < -0.3 is 16.4 Å². The molecule has 0 atom stereocenters. The van der Waals surface area contributed by atoms with Gasteiger partial charge in [0, 0.05) is 19.3 Å². The van der Waals surface area contributed by atoms with E-state index in [4.69, 9.17) is 17.3 Å². The number of pyridine rings is 1. The number of hydrogen-bond donors (Lipinski definition) is 3. The molecular weight excluding hydrogens is 548 g/mol. The van der Waals surface area contributed by atoms with E-state index in [1.54, 1.807) is 0 Å². The molecule has 3 aromatic rings. The Balaban J connectivity index is 0.00000385. The van der Waals surface area contributed by atoms with Crippen LogP contribution in [0, 0.1) is 0 Å². The molecule has 0 fully saturated rings. The van der Waals surface area contributed by atoms with Crippen molar-refractivity contribution in [2.45, 2.75) is 25.6 Å². The van der Waals surface area contributed by atoms with Crippen molar-refractivity contribution in [3.05, 3.63) is 87.2 Å². The van der Waals surface area contributed by atoms with Gasteiger partial charge >= 0.3 is 5.92 Å². The average molecular weight is 572 g/mol. The van der Waals surface area contributed by atoms with E-state index in [0.29, 0.717) is 6.54 Å². The minimum atomic E-state index is -3.34. The normalized spacial score (nSPS) is 10.3. The van der Waals surface area contributed by atoms with Gasteiger partial charge in [0.1, 0.15) is 17.4 Å². The van der Waals surface area contributed by atoms with Gasteiger partial charge in [-0.3, -0.25) is 19.1 Å². The van der Waals surface area contributed by atoms with Gasteiger partial charge in [-0.2, -0.15) is 8.78 Å². The van der Waals surface area contributed by atoms with Crippen LogP contribution in [0.25, 0.3) is 0 Å². The number of nitrogens with zero attached hydrogens (tertiary/aromatic N) is 3. The SMILES string of the molecule is Cl.Cl.Cl.NCc1ccccc1CNC(=O)Cn1c(Cl)cnc(NCC(F)(F)c2ccccn2)c1=O. The standard InChI is InChI=1S/C21H21ClF2N6O2.3ClH/c22-17-11-28-19(29-13-21(23,24)16-7-3-4-8-26-16)20(32)30(17)12-18(31)27-10-15-6-2-1-5-14(15)9-25;;;/h1-8,11H,9-10,12-13,25H2,(H,27,31)(H,28,29);3*1H. The number of halogens is 6. The van der Waals surface area contributed by atoms with E-state index in [-0.39, 0.29) is 54.7 Å². The molecule has 0 spiro atoms. The van der Waals surface area contributed by atoms with Crippen LogP contribution in [0.4, 0.5) is 14.6 Å². The lowest BCUT2D eigenvalue weighted by Crippen LogP contribution is -2.35. The van der Waals surface area contributed by atoms with Crippen molar-refractivity contribution in [2.75, 3.05) is 11.9 Å². The summed E-state index contributed by atoms with van der Waals surface area (Å²) in [6.45, 7) is -0.781. The van der Waals surface area contributed by atoms with Crippen molar-refractivity contribution in [3.63, 3.8) is 0 Å². The van der Waals surface area contributed by atoms with Crippen molar-refractivity contribution in [1.29, 1.82) is 0 Å². The Morgan fingerprint density at radius 1 is 1.06 bits per heavy atom. The molecule has 35 heavy (non-hydrogen) atoms. The van der Waals surface area contributed by atoms with Crippen LogP contribution in [-0.2, 0) is 30.4 Å². The number of nitrogens with two attached hydrogens (primary N) is 1. The highest BCUT2D eigenvalue weighted by atomic mass is 35.5. The summed E-state index contributed by atoms with van der Waals surface area (Å²) in [6.07, 6.45) is 2.36. The van der Waals surface area contributed by atoms with E-state index in [2.05, 4.69) is 20.6 Å². The summed E-state index contributed by atoms with van der Waals surface area (Å²) in [5.41, 5.74) is 6.17. The number of benzene rings is 1. The summed E-state index contributed by atoms with van der Waals surface area (Å²) in [7, 11) is 0. The molecule has 0 aliphatic carbocycles. The zero-order chi connectivity index (χ0) is 23.1. The van der Waals surface area contributed by atoms with Crippen molar-refractivity contribution in [3.8, 4) is 0 Å². The molecule has 1 amide bonds. The summed E-state index contributed by atoms with van der Waals surface area (Å²) < 4.78 is 29.6. The molecular formula is C21H24Cl4F2N6O2. The molecule has 8 nitrogen and oxygen atoms in total. The van der Waals surface area contributed by atoms with Gasteiger partial charge in [0.05, 0.1) is 12.7 Å². The quantitative estimate of drug-likeness (QED) is 0.362. The lowest BCUT2D eigenvalue weighted by molar-refractivity contribution is -0.121. The van der Waals surface area contributed by atoms with Gasteiger partial charge in [-0.25, -0.2) is 4.98 Å². The number of nitrogens with one attached hydrogen (secondary N) is 2. The molecule has 0 aliphatic heterocycles. The van der Waals surface area contributed by atoms with Gasteiger partial charge in [0.15, 0.2) is 5.82 Å². The van der Waals surface area contributed by atoms with Crippen LogP contribution >= 0.6 is 48.8 Å². The molecule has 0 bridgehead atoms. The number of amides is 1. The summed E-state index contributed by atoms with van der Waals surface area (Å²) in [4.78, 5) is 32.4. The van der Waals surface area contributed by atoms with Crippen molar-refractivity contribution in [1.82, 2.24) is 19.9 Å². The Morgan fingerprint density at radius 2 is 1.71 bits per heavy atom. The molecule has 4 N–H and O–H groups in total. The molecule has 2 heterocycles. The summed E-state index contributed by atoms with van der Waals surface area (Å²) >= 11 is 6.01. The molecule has 14 heteroatoms. The van der Waals surface area contributed by atoms with Crippen LogP contribution in [0.1, 0.15) is 16.8 Å². The van der Waals surface area contributed by atoms with E-state index in [0.717, 1.165) is 21.9 Å². The molecule has 0 unspecified atom stereocenters. The highest BCUT2D eigenvalue weighted by Gasteiger charge is 2.33. The second kappa shape index (κ2) is 14.8. The largest absolute Gasteiger partial charge is 0.359 e. The third-order valence-corrected chi connectivity index (χ3v) is 4.94. The number of hydrogen-bond acceptors (Lipinski definition) is 6. The molecule has 0 saturated heterocycles. The van der Waals surface area contributed by atoms with Gasteiger partial charge in [-0.05, 0) is 23.3 Å². The van der Waals surface area contributed by atoms with Gasteiger partial charge in [-0.1, -0.05) is 41.9 Å². The number of carbonyl (C=O) groups excluding carboxylic acids is 1. The van der Waals surface area contributed by atoms with Crippen LogP contribution in [-0.4, -0.2) is 27.0 Å². The van der Waals surface area contributed by atoms with Gasteiger partial charge in [0.25, 0.3) is 5.56 Å². The first-order chi connectivity index (χ1) is 15.3. The maximum Gasteiger partial charge on any atom is 0.306 e. The molecule has 0 radical (unpaired) electrons. The van der Waals surface area contributed by atoms with Crippen LogP contribution < -0.4 is 21.9 Å². The van der Waals surface area contributed by atoms with Crippen LogP contribution in [0.2, 0.25) is 5.15 Å². The minimum Gasteiger partial charge on any atom is -0.359 e. The number of anilines is 1. The highest BCUT2D eigenvalue weighted by Crippen LogP contribution is 2.25. The predicted molar refractivity (Wildman–Crippen MR) is 138 cm³/mol. The number of alkyl halides is 2. The second-order valence-corrected chi connectivity index (χ2v) is 7.23. The molecule has 1 aromatic carbocycles. The fourth-order valence-electron chi connectivity index (χ4n) is 2.92. The van der Waals surface area contributed by atoms with E-state index >= 15 is 0 Å². The molecule has 0 aliphatic rings. The third-order valence-electron chi connectivity index (χ3n) is 4.64. The van der Waals surface area contributed by atoms with E-state index in [9.17, 15) is 18.4 Å². The maximum atomic E-state index is 14.3. The van der Waals surface area contributed by atoms with Crippen LogP contribution in [0.3, 0.4) is 0 Å². The smallest absolute Gasteiger partial charge is 0.306 e.